The summed E-state index contributed by atoms with van der Waals surface area (Å²) < 4.78 is 31.2. The highest BCUT2D eigenvalue weighted by molar-refractivity contribution is 7.99. The SMILES string of the molecule is COc1cccc(SCCCOS(C)(=O)=O)c1. The number of methoxy groups -OCH3 is 1. The van der Waals surface area contributed by atoms with Gasteiger partial charge in [0.15, 0.2) is 0 Å². The molecule has 0 aliphatic carbocycles. The summed E-state index contributed by atoms with van der Waals surface area (Å²) in [5.41, 5.74) is 0. The van der Waals surface area contributed by atoms with Crippen molar-refractivity contribution in [3.05, 3.63) is 24.3 Å². The normalized spacial score (nSPS) is 11.4. The minimum Gasteiger partial charge on any atom is -0.497 e. The first-order valence-electron chi connectivity index (χ1n) is 5.12. The second-order valence-corrected chi connectivity index (χ2v) is 6.22. The summed E-state index contributed by atoms with van der Waals surface area (Å²) in [5.74, 6) is 1.63. The van der Waals surface area contributed by atoms with E-state index in [1.165, 1.54) is 0 Å². The van der Waals surface area contributed by atoms with Crippen molar-refractivity contribution in [3.8, 4) is 5.75 Å². The summed E-state index contributed by atoms with van der Waals surface area (Å²) in [7, 11) is -1.68. The lowest BCUT2D eigenvalue weighted by Gasteiger charge is -2.04. The molecular weight excluding hydrogens is 260 g/mol. The minimum atomic E-state index is -3.31. The molecule has 0 heterocycles. The summed E-state index contributed by atoms with van der Waals surface area (Å²) in [6.07, 6.45) is 1.75. The van der Waals surface area contributed by atoms with Crippen LogP contribution in [0.1, 0.15) is 6.42 Å². The predicted octanol–water partition coefficient (Wildman–Crippen LogP) is 2.15. The van der Waals surface area contributed by atoms with Gasteiger partial charge in [0.1, 0.15) is 5.75 Å². The maximum Gasteiger partial charge on any atom is 0.264 e. The molecule has 17 heavy (non-hydrogen) atoms. The van der Waals surface area contributed by atoms with Crippen molar-refractivity contribution in [3.63, 3.8) is 0 Å². The molecule has 96 valence electrons. The molecule has 0 saturated carbocycles. The third kappa shape index (κ3) is 6.55. The van der Waals surface area contributed by atoms with Crippen molar-refractivity contribution >= 4 is 21.9 Å². The van der Waals surface area contributed by atoms with Crippen LogP contribution in [-0.2, 0) is 14.3 Å². The predicted molar refractivity (Wildman–Crippen MR) is 69.1 cm³/mol. The molecule has 4 nitrogen and oxygen atoms in total. The summed E-state index contributed by atoms with van der Waals surface area (Å²) in [5, 5.41) is 0. The van der Waals surface area contributed by atoms with Gasteiger partial charge in [-0.1, -0.05) is 6.07 Å². The largest absolute Gasteiger partial charge is 0.497 e. The van der Waals surface area contributed by atoms with Crippen LogP contribution in [0, 0.1) is 0 Å². The van der Waals surface area contributed by atoms with Gasteiger partial charge in [0, 0.05) is 10.6 Å². The maximum atomic E-state index is 10.7. The molecule has 0 bridgehead atoms. The molecule has 0 aliphatic heterocycles. The van der Waals surface area contributed by atoms with Crippen molar-refractivity contribution in [2.75, 3.05) is 25.7 Å². The van der Waals surface area contributed by atoms with Gasteiger partial charge in [0.05, 0.1) is 20.0 Å². The van der Waals surface area contributed by atoms with Gasteiger partial charge in [-0.3, -0.25) is 4.18 Å². The van der Waals surface area contributed by atoms with E-state index in [1.54, 1.807) is 18.9 Å². The number of hydrogen-bond donors (Lipinski definition) is 0. The van der Waals surface area contributed by atoms with E-state index in [2.05, 4.69) is 4.18 Å². The van der Waals surface area contributed by atoms with Crippen LogP contribution in [-0.4, -0.2) is 34.1 Å². The molecule has 0 fully saturated rings. The molecule has 0 radical (unpaired) electrons. The lowest BCUT2D eigenvalue weighted by molar-refractivity contribution is 0.323. The zero-order valence-corrected chi connectivity index (χ0v) is 11.5. The Balaban J connectivity index is 2.26. The maximum absolute atomic E-state index is 10.7. The summed E-state index contributed by atoms with van der Waals surface area (Å²) in [6, 6.07) is 7.75. The Hall–Kier alpha value is -0.720. The Labute approximate surface area is 106 Å². The Kier molecular flexibility index (Phi) is 5.80. The molecule has 6 heteroatoms. The Bertz CT molecular complexity index is 443. The smallest absolute Gasteiger partial charge is 0.264 e. The second-order valence-electron chi connectivity index (χ2n) is 3.41. The summed E-state index contributed by atoms with van der Waals surface area (Å²) in [4.78, 5) is 1.10. The molecule has 1 aromatic rings. The van der Waals surface area contributed by atoms with Crippen LogP contribution in [0.5, 0.6) is 5.75 Å². The van der Waals surface area contributed by atoms with E-state index >= 15 is 0 Å². The summed E-state index contributed by atoms with van der Waals surface area (Å²) in [6.45, 7) is 0.232. The second kappa shape index (κ2) is 6.88. The number of rotatable bonds is 7. The zero-order chi connectivity index (χ0) is 12.7. The van der Waals surface area contributed by atoms with Crippen LogP contribution in [0.3, 0.4) is 0 Å². The Morgan fingerprint density at radius 3 is 2.76 bits per heavy atom. The zero-order valence-electron chi connectivity index (χ0n) is 9.88. The van der Waals surface area contributed by atoms with E-state index in [0.29, 0.717) is 6.42 Å². The average molecular weight is 276 g/mol. The van der Waals surface area contributed by atoms with Gasteiger partial charge in [-0.2, -0.15) is 8.42 Å². The molecular formula is C11H16O4S2. The molecule has 1 aromatic carbocycles. The molecule has 0 aromatic heterocycles. The van der Waals surface area contributed by atoms with Crippen molar-refractivity contribution in [2.45, 2.75) is 11.3 Å². The van der Waals surface area contributed by atoms with Gasteiger partial charge >= 0.3 is 0 Å². The first-order chi connectivity index (χ1) is 8.01. The first-order valence-corrected chi connectivity index (χ1v) is 7.93. The number of benzene rings is 1. The number of hydrogen-bond acceptors (Lipinski definition) is 5. The summed E-state index contributed by atoms with van der Waals surface area (Å²) >= 11 is 1.65. The fourth-order valence-electron chi connectivity index (χ4n) is 1.15. The number of ether oxygens (including phenoxy) is 1. The van der Waals surface area contributed by atoms with Gasteiger partial charge in [0.25, 0.3) is 10.1 Å². The van der Waals surface area contributed by atoms with Crippen LogP contribution in [0.15, 0.2) is 29.2 Å². The van der Waals surface area contributed by atoms with Gasteiger partial charge in [0.2, 0.25) is 0 Å². The average Bonchev–Trinajstić information content (AvgIpc) is 2.27. The quantitative estimate of drug-likeness (QED) is 0.434. The minimum absolute atomic E-state index is 0.232. The van der Waals surface area contributed by atoms with Gasteiger partial charge < -0.3 is 4.74 Å². The molecule has 0 spiro atoms. The third-order valence-electron chi connectivity index (χ3n) is 1.90. The lowest BCUT2D eigenvalue weighted by Crippen LogP contribution is -2.04. The van der Waals surface area contributed by atoms with E-state index in [0.717, 1.165) is 22.7 Å². The highest BCUT2D eigenvalue weighted by Crippen LogP contribution is 2.23. The fourth-order valence-corrected chi connectivity index (χ4v) is 2.44. The van der Waals surface area contributed by atoms with Gasteiger partial charge in [-0.15, -0.1) is 11.8 Å². The van der Waals surface area contributed by atoms with E-state index in [4.69, 9.17) is 4.74 Å². The standard InChI is InChI=1S/C11H16O4S2/c1-14-10-5-3-6-11(9-10)16-8-4-7-15-17(2,12)13/h3,5-6,9H,4,7-8H2,1-2H3. The highest BCUT2D eigenvalue weighted by Gasteiger charge is 2.01. The highest BCUT2D eigenvalue weighted by atomic mass is 32.2. The van der Waals surface area contributed by atoms with E-state index < -0.39 is 10.1 Å². The van der Waals surface area contributed by atoms with Crippen LogP contribution in [0.2, 0.25) is 0 Å². The van der Waals surface area contributed by atoms with E-state index in [-0.39, 0.29) is 6.61 Å². The van der Waals surface area contributed by atoms with E-state index in [1.807, 2.05) is 24.3 Å². The van der Waals surface area contributed by atoms with Crippen molar-refractivity contribution < 1.29 is 17.3 Å². The molecule has 0 aliphatic rings. The van der Waals surface area contributed by atoms with Crippen molar-refractivity contribution in [1.82, 2.24) is 0 Å². The van der Waals surface area contributed by atoms with E-state index in [9.17, 15) is 8.42 Å². The molecule has 0 saturated heterocycles. The van der Waals surface area contributed by atoms with Gasteiger partial charge in [-0.25, -0.2) is 0 Å². The van der Waals surface area contributed by atoms with Crippen LogP contribution < -0.4 is 4.74 Å². The monoisotopic (exact) mass is 276 g/mol. The third-order valence-corrected chi connectivity index (χ3v) is 3.57. The Morgan fingerprint density at radius 2 is 2.12 bits per heavy atom. The molecule has 0 atom stereocenters. The lowest BCUT2D eigenvalue weighted by atomic mass is 10.3. The molecule has 0 amide bonds. The van der Waals surface area contributed by atoms with Gasteiger partial charge in [-0.05, 0) is 24.6 Å². The number of thioether (sulfide) groups is 1. The Morgan fingerprint density at radius 1 is 1.35 bits per heavy atom. The van der Waals surface area contributed by atoms with Crippen molar-refractivity contribution in [2.24, 2.45) is 0 Å². The molecule has 0 N–H and O–H groups in total. The van der Waals surface area contributed by atoms with Crippen LogP contribution >= 0.6 is 11.8 Å². The molecule has 1 rings (SSSR count). The first kappa shape index (κ1) is 14.3. The molecule has 0 unspecified atom stereocenters. The fraction of sp³-hybridized carbons (Fsp3) is 0.455. The van der Waals surface area contributed by atoms with Crippen LogP contribution in [0.4, 0.5) is 0 Å². The van der Waals surface area contributed by atoms with Crippen molar-refractivity contribution in [1.29, 1.82) is 0 Å². The topological polar surface area (TPSA) is 52.6 Å². The van der Waals surface area contributed by atoms with Crippen LogP contribution in [0.25, 0.3) is 0 Å².